The van der Waals surface area contributed by atoms with Crippen LogP contribution >= 0.6 is 0 Å². The quantitative estimate of drug-likeness (QED) is 0.106. The molecular weight excluding hydrogens is 614 g/mol. The highest BCUT2D eigenvalue weighted by Gasteiger charge is 2.49. The van der Waals surface area contributed by atoms with Gasteiger partial charge in [-0.05, 0) is 55.6 Å². The fourth-order valence-electron chi connectivity index (χ4n) is 6.73. The summed E-state index contributed by atoms with van der Waals surface area (Å²) in [6.07, 6.45) is 11.9. The van der Waals surface area contributed by atoms with Gasteiger partial charge < -0.3 is 18.9 Å². The molecule has 2 fully saturated rings. The van der Waals surface area contributed by atoms with E-state index in [0.29, 0.717) is 47.1 Å². The molecule has 0 N–H and O–H groups in total. The Labute approximate surface area is 280 Å². The number of hydrogen-bond donors (Lipinski definition) is 0. The third-order valence-corrected chi connectivity index (χ3v) is 9.11. The Hall–Kier alpha value is -4.66. The first-order valence-corrected chi connectivity index (χ1v) is 16.1. The summed E-state index contributed by atoms with van der Waals surface area (Å²) in [5, 5.41) is 5.28. The minimum Gasteiger partial charge on any atom is -0.474 e. The molecule has 252 valence electrons. The predicted octanol–water partition coefficient (Wildman–Crippen LogP) is 6.49. The summed E-state index contributed by atoms with van der Waals surface area (Å²) in [6.45, 7) is 10.8. The second-order valence-electron chi connectivity index (χ2n) is 12.2. The van der Waals surface area contributed by atoms with Gasteiger partial charge in [-0.25, -0.2) is 13.8 Å². The Morgan fingerprint density at radius 3 is 2.83 bits per heavy atom. The largest absolute Gasteiger partial charge is 0.474 e. The number of hydrogen-bond acceptors (Lipinski definition) is 9. The molecule has 0 spiro atoms. The number of fused-ring (bicyclic) bond motifs is 2. The highest BCUT2D eigenvalue weighted by molar-refractivity contribution is 6.18. The molecule has 5 rings (SSSR count). The number of terminal acetylenes is 1. The van der Waals surface area contributed by atoms with E-state index in [1.54, 1.807) is 31.1 Å². The summed E-state index contributed by atoms with van der Waals surface area (Å²) in [5.41, 5.74) is 1.32. The van der Waals surface area contributed by atoms with E-state index in [1.165, 1.54) is 12.3 Å². The number of allylic oxidation sites excluding steroid dienone is 1. The van der Waals surface area contributed by atoms with Crippen molar-refractivity contribution >= 4 is 35.1 Å². The van der Waals surface area contributed by atoms with E-state index in [0.717, 1.165) is 49.8 Å². The minimum atomic E-state index is -0.886. The number of aliphatic imine (C=N–C) groups is 3. The molecule has 3 aromatic rings. The van der Waals surface area contributed by atoms with E-state index in [2.05, 4.69) is 44.3 Å². The van der Waals surface area contributed by atoms with Gasteiger partial charge in [-0.15, -0.1) is 6.42 Å². The van der Waals surface area contributed by atoms with Gasteiger partial charge in [-0.1, -0.05) is 43.7 Å². The van der Waals surface area contributed by atoms with Crippen molar-refractivity contribution in [2.75, 3.05) is 47.3 Å². The molecule has 9 nitrogen and oxygen atoms in total. The van der Waals surface area contributed by atoms with E-state index >= 15 is 0 Å². The number of benzene rings is 2. The summed E-state index contributed by atoms with van der Waals surface area (Å²) in [4.78, 5) is 17.4. The summed E-state index contributed by atoms with van der Waals surface area (Å²) in [5.74, 6) is 3.61. The Morgan fingerprint density at radius 1 is 1.29 bits per heavy atom. The van der Waals surface area contributed by atoms with Crippen LogP contribution in [0.15, 0.2) is 73.9 Å². The van der Waals surface area contributed by atoms with Crippen molar-refractivity contribution < 1.29 is 22.8 Å². The lowest BCUT2D eigenvalue weighted by Crippen LogP contribution is -2.47. The maximum atomic E-state index is 14.6. The van der Waals surface area contributed by atoms with Crippen molar-refractivity contribution in [2.24, 2.45) is 15.0 Å². The zero-order chi connectivity index (χ0) is 34.3. The van der Waals surface area contributed by atoms with Gasteiger partial charge in [0.2, 0.25) is 0 Å². The van der Waals surface area contributed by atoms with Crippen molar-refractivity contribution in [2.45, 2.75) is 50.6 Å². The number of aryl methyl sites for hydroxylation is 1. The van der Waals surface area contributed by atoms with Gasteiger partial charge in [0, 0.05) is 55.3 Å². The summed E-state index contributed by atoms with van der Waals surface area (Å²) in [7, 11) is 3.54. The Bertz CT molecular complexity index is 1790. The first kappa shape index (κ1) is 34.7. The fourth-order valence-corrected chi connectivity index (χ4v) is 6.73. The summed E-state index contributed by atoms with van der Waals surface area (Å²) in [6, 6.07) is 10.5. The molecule has 2 aliphatic rings. The third kappa shape index (κ3) is 7.25. The van der Waals surface area contributed by atoms with Crippen molar-refractivity contribution in [3.05, 3.63) is 77.1 Å². The molecule has 2 aromatic carbocycles. The smallest absolute Gasteiger partial charge is 0.254 e. The van der Waals surface area contributed by atoms with E-state index in [1.807, 2.05) is 25.1 Å². The lowest BCUT2D eigenvalue weighted by molar-refractivity contribution is 0.0199. The molecule has 3 heterocycles. The van der Waals surface area contributed by atoms with Crippen molar-refractivity contribution in [1.29, 1.82) is 0 Å². The van der Waals surface area contributed by atoms with Crippen LogP contribution in [0.5, 0.6) is 5.88 Å². The van der Waals surface area contributed by atoms with Crippen LogP contribution in [0.2, 0.25) is 0 Å². The average Bonchev–Trinajstić information content (AvgIpc) is 3.81. The van der Waals surface area contributed by atoms with Crippen LogP contribution in [0.1, 0.15) is 49.5 Å². The number of rotatable bonds is 15. The number of alkyl halides is 1. The predicted molar refractivity (Wildman–Crippen MR) is 187 cm³/mol. The van der Waals surface area contributed by atoms with Gasteiger partial charge in [0.25, 0.3) is 5.88 Å². The fraction of sp³-hybridized carbons (Fsp3) is 0.405. The van der Waals surface area contributed by atoms with Crippen LogP contribution in [0.4, 0.5) is 8.78 Å². The number of halogens is 2. The Morgan fingerprint density at radius 2 is 2.12 bits per heavy atom. The molecule has 0 bridgehead atoms. The highest BCUT2D eigenvalue weighted by Crippen LogP contribution is 2.42. The molecule has 2 saturated heterocycles. The molecule has 11 heteroatoms. The summed E-state index contributed by atoms with van der Waals surface area (Å²) < 4.78 is 46.6. The average molecular weight is 657 g/mol. The summed E-state index contributed by atoms with van der Waals surface area (Å²) >= 11 is 0. The molecule has 2 aliphatic heterocycles. The zero-order valence-corrected chi connectivity index (χ0v) is 27.8. The third-order valence-electron chi connectivity index (χ3n) is 9.11. The van der Waals surface area contributed by atoms with Crippen LogP contribution in [-0.2, 0) is 11.2 Å². The van der Waals surface area contributed by atoms with Gasteiger partial charge in [-0.3, -0.25) is 14.9 Å². The van der Waals surface area contributed by atoms with Crippen molar-refractivity contribution in [1.82, 2.24) is 15.0 Å². The normalized spacial score (nSPS) is 20.2. The van der Waals surface area contributed by atoms with Gasteiger partial charge in [0.1, 0.15) is 37.4 Å². The van der Waals surface area contributed by atoms with Crippen molar-refractivity contribution in [3.63, 3.8) is 0 Å². The van der Waals surface area contributed by atoms with Crippen LogP contribution in [0.3, 0.4) is 0 Å². The van der Waals surface area contributed by atoms with Crippen LogP contribution in [0.25, 0.3) is 16.5 Å². The number of nitrogens with zero attached hydrogens (tertiary/aromatic N) is 6. The maximum Gasteiger partial charge on any atom is 0.254 e. The lowest BCUT2D eigenvalue weighted by Gasteiger charge is -2.34. The molecule has 0 aliphatic carbocycles. The molecule has 48 heavy (non-hydrogen) atoms. The first-order chi connectivity index (χ1) is 23.2. The van der Waals surface area contributed by atoms with Crippen LogP contribution < -0.4 is 4.74 Å². The number of ether oxygens (including phenoxy) is 2. The van der Waals surface area contributed by atoms with Gasteiger partial charge in [0.05, 0.1) is 29.2 Å². The Kier molecular flexibility index (Phi) is 11.2. The van der Waals surface area contributed by atoms with E-state index < -0.39 is 12.5 Å². The van der Waals surface area contributed by atoms with Crippen molar-refractivity contribution in [3.8, 4) is 18.2 Å². The van der Waals surface area contributed by atoms with Crippen LogP contribution in [0, 0.1) is 18.2 Å². The molecule has 0 radical (unpaired) electrons. The zero-order valence-electron chi connectivity index (χ0n) is 27.8. The van der Waals surface area contributed by atoms with E-state index in [4.69, 9.17) is 20.4 Å². The van der Waals surface area contributed by atoms with E-state index in [-0.39, 0.29) is 29.6 Å². The molecule has 2 atom stereocenters. The SMILES string of the molecule is C#Cc1c(F)ccc2cccc(C(=C)N=CC(=C(/N=C)N(C)C)/C(CF)=N\COC[C@]34CCCN3[C@H](COc3cc(CC)on3)CC4)c12. The second-order valence-corrected chi connectivity index (χ2v) is 12.2. The van der Waals surface area contributed by atoms with Gasteiger partial charge in [0.15, 0.2) is 0 Å². The highest BCUT2D eigenvalue weighted by atomic mass is 19.1. The van der Waals surface area contributed by atoms with Gasteiger partial charge in [-0.2, -0.15) is 0 Å². The molecule has 0 saturated carbocycles. The second kappa shape index (κ2) is 15.5. The molecule has 0 amide bonds. The topological polar surface area (TPSA) is 88.0 Å². The lowest BCUT2D eigenvalue weighted by atomic mass is 9.95. The molecule has 1 aromatic heterocycles. The standard InChI is InChI=1S/C37H42F2N6O3/c1-7-28-19-34(43-48-28)47-22-27-15-17-37(16-10-18-45(27)37)23-46-24-42-33(20-38)31(36(40-4)44(5)6)21-41-25(3)30-12-9-11-26-13-14-32(39)29(8-2)35(26)30/h2,9,11-14,19,21,27H,3-4,7,10,15-18,20,22-24H2,1,5-6H3/b36-31+,41-21?,42-33-/t27-,37+/m0/s1. The molecule has 0 unspecified atom stereocenters. The van der Waals surface area contributed by atoms with E-state index in [9.17, 15) is 8.78 Å². The van der Waals surface area contributed by atoms with Gasteiger partial charge >= 0.3 is 0 Å². The maximum absolute atomic E-state index is 14.6. The first-order valence-electron chi connectivity index (χ1n) is 16.1. The number of aromatic nitrogens is 1. The van der Waals surface area contributed by atoms with Crippen LogP contribution in [-0.4, -0.2) is 92.4 Å². The Balaban J connectivity index is 1.30. The monoisotopic (exact) mass is 656 g/mol. The minimum absolute atomic E-state index is 0.0426. The molecular formula is C37H42F2N6O3.